The summed E-state index contributed by atoms with van der Waals surface area (Å²) in [6.45, 7) is 10.9. The molecular weight excluding hydrogens is 333 g/mol. The standard InChI is InChI=1S/C18H28BN3O4/c1-13(23)22-9-7-6-8-15(22)12-24-16-20-10-14(11-21-16)19-25-17(2,3)18(4,5)26-19/h10-11,15H,6-9,12H2,1-5H3/t15-/m0/s1. The summed E-state index contributed by atoms with van der Waals surface area (Å²) in [4.78, 5) is 22.2. The Labute approximate surface area is 155 Å². The van der Waals surface area contributed by atoms with Crippen LogP contribution in [0.3, 0.4) is 0 Å². The zero-order valence-corrected chi connectivity index (χ0v) is 16.3. The molecular formula is C18H28BN3O4. The molecule has 1 atom stereocenters. The summed E-state index contributed by atoms with van der Waals surface area (Å²) in [5, 5.41) is 0. The summed E-state index contributed by atoms with van der Waals surface area (Å²) >= 11 is 0. The van der Waals surface area contributed by atoms with E-state index < -0.39 is 18.3 Å². The highest BCUT2D eigenvalue weighted by molar-refractivity contribution is 6.61. The van der Waals surface area contributed by atoms with Crippen molar-refractivity contribution in [1.29, 1.82) is 0 Å². The Balaban J connectivity index is 1.59. The van der Waals surface area contributed by atoms with Gasteiger partial charge in [-0.2, -0.15) is 0 Å². The summed E-state index contributed by atoms with van der Waals surface area (Å²) in [5.74, 6) is 0.0929. The molecule has 0 spiro atoms. The summed E-state index contributed by atoms with van der Waals surface area (Å²) in [5.41, 5.74) is -0.0347. The number of carbonyl (C=O) groups excluding carboxylic acids is 1. The number of amides is 1. The second kappa shape index (κ2) is 7.16. The van der Waals surface area contributed by atoms with Crippen molar-refractivity contribution >= 4 is 18.5 Å². The molecule has 8 heteroatoms. The number of likely N-dealkylation sites (tertiary alicyclic amines) is 1. The predicted molar refractivity (Wildman–Crippen MR) is 98.3 cm³/mol. The topological polar surface area (TPSA) is 73.8 Å². The largest absolute Gasteiger partial charge is 0.498 e. The molecule has 0 N–H and O–H groups in total. The van der Waals surface area contributed by atoms with Crippen LogP contribution >= 0.6 is 0 Å². The van der Waals surface area contributed by atoms with Gasteiger partial charge in [0.2, 0.25) is 5.91 Å². The second-order valence-electron chi connectivity index (χ2n) is 8.06. The summed E-state index contributed by atoms with van der Waals surface area (Å²) < 4.78 is 17.7. The van der Waals surface area contributed by atoms with Crippen LogP contribution in [0.2, 0.25) is 0 Å². The maximum absolute atomic E-state index is 11.7. The van der Waals surface area contributed by atoms with Crippen molar-refractivity contribution in [1.82, 2.24) is 14.9 Å². The highest BCUT2D eigenvalue weighted by atomic mass is 16.7. The summed E-state index contributed by atoms with van der Waals surface area (Å²) in [6.07, 6.45) is 6.46. The normalized spacial score (nSPS) is 24.6. The molecule has 0 aromatic carbocycles. The van der Waals surface area contributed by atoms with E-state index in [1.54, 1.807) is 19.3 Å². The average molecular weight is 361 g/mol. The van der Waals surface area contributed by atoms with E-state index in [9.17, 15) is 4.79 Å². The van der Waals surface area contributed by atoms with E-state index >= 15 is 0 Å². The van der Waals surface area contributed by atoms with Gasteiger partial charge in [-0.3, -0.25) is 4.79 Å². The van der Waals surface area contributed by atoms with Crippen LogP contribution in [-0.2, 0) is 14.1 Å². The number of carbonyl (C=O) groups is 1. The Morgan fingerprint density at radius 3 is 2.42 bits per heavy atom. The van der Waals surface area contributed by atoms with E-state index in [0.29, 0.717) is 12.6 Å². The lowest BCUT2D eigenvalue weighted by atomic mass is 9.81. The van der Waals surface area contributed by atoms with Crippen LogP contribution in [0.5, 0.6) is 6.01 Å². The lowest BCUT2D eigenvalue weighted by Gasteiger charge is -2.34. The third kappa shape index (κ3) is 3.86. The third-order valence-electron chi connectivity index (χ3n) is 5.61. The Hall–Kier alpha value is -1.67. The van der Waals surface area contributed by atoms with Crippen LogP contribution in [0, 0.1) is 0 Å². The van der Waals surface area contributed by atoms with Gasteiger partial charge in [0.05, 0.1) is 17.2 Å². The van der Waals surface area contributed by atoms with Gasteiger partial charge in [-0.05, 0) is 47.0 Å². The van der Waals surface area contributed by atoms with Gasteiger partial charge in [0, 0.05) is 31.3 Å². The average Bonchev–Trinajstić information content (AvgIpc) is 2.81. The molecule has 1 amide bonds. The van der Waals surface area contributed by atoms with Gasteiger partial charge in [-0.15, -0.1) is 0 Å². The third-order valence-corrected chi connectivity index (χ3v) is 5.61. The monoisotopic (exact) mass is 361 g/mol. The first-order valence-corrected chi connectivity index (χ1v) is 9.27. The molecule has 1 aromatic rings. The van der Waals surface area contributed by atoms with E-state index in [4.69, 9.17) is 14.0 Å². The van der Waals surface area contributed by atoms with Gasteiger partial charge in [0.1, 0.15) is 6.61 Å². The molecule has 142 valence electrons. The minimum atomic E-state index is -0.486. The molecule has 1 aromatic heterocycles. The van der Waals surface area contributed by atoms with Crippen LogP contribution in [0.25, 0.3) is 0 Å². The Kier molecular flexibility index (Phi) is 5.26. The molecule has 2 aliphatic rings. The van der Waals surface area contributed by atoms with Crippen molar-refractivity contribution in [2.75, 3.05) is 13.2 Å². The molecule has 2 fully saturated rings. The number of nitrogens with zero attached hydrogens (tertiary/aromatic N) is 3. The number of hydrogen-bond acceptors (Lipinski definition) is 6. The van der Waals surface area contributed by atoms with Gasteiger partial charge >= 0.3 is 13.1 Å². The maximum atomic E-state index is 11.7. The zero-order chi connectivity index (χ0) is 18.9. The van der Waals surface area contributed by atoms with Crippen molar-refractivity contribution in [2.45, 2.75) is 71.1 Å². The Bertz CT molecular complexity index is 634. The second-order valence-corrected chi connectivity index (χ2v) is 8.06. The van der Waals surface area contributed by atoms with Crippen LogP contribution in [-0.4, -0.2) is 58.3 Å². The lowest BCUT2D eigenvalue weighted by Crippen LogP contribution is -2.45. The van der Waals surface area contributed by atoms with Crippen molar-refractivity contribution in [2.24, 2.45) is 0 Å². The molecule has 0 saturated carbocycles. The fourth-order valence-corrected chi connectivity index (χ4v) is 3.26. The van der Waals surface area contributed by atoms with Gasteiger partial charge in [0.15, 0.2) is 0 Å². The molecule has 3 rings (SSSR count). The highest BCUT2D eigenvalue weighted by Crippen LogP contribution is 2.36. The van der Waals surface area contributed by atoms with Crippen LogP contribution in [0.1, 0.15) is 53.9 Å². The SMILES string of the molecule is CC(=O)N1CCCC[C@H]1COc1ncc(B2OC(C)(C)C(C)(C)O2)cn1. The molecule has 26 heavy (non-hydrogen) atoms. The van der Waals surface area contributed by atoms with E-state index in [-0.39, 0.29) is 11.9 Å². The maximum Gasteiger partial charge on any atom is 0.498 e. The zero-order valence-electron chi connectivity index (χ0n) is 16.3. The van der Waals surface area contributed by atoms with Gasteiger partial charge in [-0.1, -0.05) is 0 Å². The van der Waals surface area contributed by atoms with Gasteiger partial charge in [0.25, 0.3) is 0 Å². The molecule has 0 radical (unpaired) electrons. The molecule has 0 unspecified atom stereocenters. The van der Waals surface area contributed by atoms with Crippen molar-refractivity contribution < 1.29 is 18.8 Å². The smallest absolute Gasteiger partial charge is 0.461 e. The van der Waals surface area contributed by atoms with Gasteiger partial charge < -0.3 is 18.9 Å². The number of ether oxygens (including phenoxy) is 1. The number of rotatable bonds is 4. The first kappa shape index (κ1) is 19.1. The van der Waals surface area contributed by atoms with Crippen molar-refractivity contribution in [3.8, 4) is 6.01 Å². The Morgan fingerprint density at radius 2 is 1.85 bits per heavy atom. The number of aromatic nitrogens is 2. The number of hydrogen-bond donors (Lipinski definition) is 0. The quantitative estimate of drug-likeness (QED) is 0.758. The highest BCUT2D eigenvalue weighted by Gasteiger charge is 2.52. The minimum Gasteiger partial charge on any atom is -0.461 e. The van der Waals surface area contributed by atoms with E-state index in [2.05, 4.69) is 9.97 Å². The van der Waals surface area contributed by atoms with E-state index in [1.807, 2.05) is 32.6 Å². The molecule has 2 saturated heterocycles. The molecule has 7 nitrogen and oxygen atoms in total. The summed E-state index contributed by atoms with van der Waals surface area (Å²) in [7, 11) is -0.486. The predicted octanol–water partition coefficient (Wildman–Crippen LogP) is 1.56. The van der Waals surface area contributed by atoms with Crippen molar-refractivity contribution in [3.05, 3.63) is 12.4 Å². The van der Waals surface area contributed by atoms with Crippen LogP contribution < -0.4 is 10.2 Å². The fraction of sp³-hybridized carbons (Fsp3) is 0.722. The van der Waals surface area contributed by atoms with Crippen LogP contribution in [0.15, 0.2) is 12.4 Å². The molecule has 0 aliphatic carbocycles. The van der Waals surface area contributed by atoms with Crippen LogP contribution in [0.4, 0.5) is 0 Å². The molecule has 3 heterocycles. The molecule has 2 aliphatic heterocycles. The minimum absolute atomic E-state index is 0.0904. The van der Waals surface area contributed by atoms with Gasteiger partial charge in [-0.25, -0.2) is 9.97 Å². The lowest BCUT2D eigenvalue weighted by molar-refractivity contribution is -0.133. The Morgan fingerprint density at radius 1 is 1.23 bits per heavy atom. The summed E-state index contributed by atoms with van der Waals surface area (Å²) in [6, 6.07) is 0.395. The fourth-order valence-electron chi connectivity index (χ4n) is 3.26. The van der Waals surface area contributed by atoms with E-state index in [1.165, 1.54) is 0 Å². The van der Waals surface area contributed by atoms with Crippen molar-refractivity contribution in [3.63, 3.8) is 0 Å². The first-order chi connectivity index (χ1) is 12.2. The molecule has 0 bridgehead atoms. The first-order valence-electron chi connectivity index (χ1n) is 9.27. The van der Waals surface area contributed by atoms with E-state index in [0.717, 1.165) is 31.3 Å². The number of piperidine rings is 1.